The second-order valence-electron chi connectivity index (χ2n) is 6.18. The second-order valence-corrected chi connectivity index (χ2v) is 7.82. The summed E-state index contributed by atoms with van der Waals surface area (Å²) in [5.41, 5.74) is 0. The third-order valence-electron chi connectivity index (χ3n) is 3.76. The fraction of sp³-hybridized carbons (Fsp3) is 0.895. The Morgan fingerprint density at radius 2 is 1.32 bits per heavy atom. The maximum Gasteiger partial charge on any atom is 0.264 e. The highest BCUT2D eigenvalue weighted by Gasteiger charge is 2.06. The summed E-state index contributed by atoms with van der Waals surface area (Å²) in [6, 6.07) is 0. The van der Waals surface area contributed by atoms with E-state index in [4.69, 9.17) is 9.47 Å². The third-order valence-corrected chi connectivity index (χ3v) is 4.36. The van der Waals surface area contributed by atoms with Crippen LogP contribution in [0, 0.1) is 0 Å². The SMILES string of the molecule is CCOC(CCCCCCCCC/C=C\CCOS(C)(=O)=O)OCC. The van der Waals surface area contributed by atoms with Crippen molar-refractivity contribution in [3.63, 3.8) is 0 Å². The molecule has 0 unspecified atom stereocenters. The van der Waals surface area contributed by atoms with Crippen LogP contribution in [-0.4, -0.2) is 40.8 Å². The van der Waals surface area contributed by atoms with Gasteiger partial charge in [-0.1, -0.05) is 44.3 Å². The fourth-order valence-electron chi connectivity index (χ4n) is 2.55. The molecule has 0 saturated heterocycles. The lowest BCUT2D eigenvalue weighted by Crippen LogP contribution is -2.17. The number of hydrogen-bond acceptors (Lipinski definition) is 5. The van der Waals surface area contributed by atoms with E-state index in [-0.39, 0.29) is 12.9 Å². The smallest absolute Gasteiger partial charge is 0.264 e. The molecule has 6 heteroatoms. The van der Waals surface area contributed by atoms with E-state index < -0.39 is 10.1 Å². The van der Waals surface area contributed by atoms with Crippen molar-refractivity contribution < 1.29 is 22.1 Å². The molecule has 150 valence electrons. The molecule has 0 aliphatic heterocycles. The molecule has 0 aliphatic carbocycles. The molecular weight excluding hydrogens is 340 g/mol. The van der Waals surface area contributed by atoms with E-state index in [1.807, 2.05) is 19.9 Å². The van der Waals surface area contributed by atoms with E-state index in [0.29, 0.717) is 19.6 Å². The molecule has 5 nitrogen and oxygen atoms in total. The summed E-state index contributed by atoms with van der Waals surface area (Å²) in [7, 11) is -3.30. The van der Waals surface area contributed by atoms with E-state index in [0.717, 1.165) is 19.1 Å². The van der Waals surface area contributed by atoms with Crippen molar-refractivity contribution >= 4 is 10.1 Å². The first-order valence-corrected chi connectivity index (χ1v) is 11.5. The number of rotatable bonds is 18. The van der Waals surface area contributed by atoms with Gasteiger partial charge in [0.1, 0.15) is 0 Å². The lowest BCUT2D eigenvalue weighted by Gasteiger charge is -2.16. The normalized spacial score (nSPS) is 12.5. The standard InChI is InChI=1S/C19H38O5S/c1-4-22-19(23-5-2)17-15-13-11-9-7-6-8-10-12-14-16-18-24-25(3,20)21/h12,14,19H,4-11,13,15-18H2,1-3H3/b14-12-. The fourth-order valence-corrected chi connectivity index (χ4v) is 2.95. The van der Waals surface area contributed by atoms with Gasteiger partial charge in [0.25, 0.3) is 10.1 Å². The van der Waals surface area contributed by atoms with Gasteiger partial charge in [-0.2, -0.15) is 8.42 Å². The number of unbranched alkanes of at least 4 members (excludes halogenated alkanes) is 7. The Morgan fingerprint density at radius 3 is 1.88 bits per heavy atom. The van der Waals surface area contributed by atoms with Crippen molar-refractivity contribution in [1.29, 1.82) is 0 Å². The summed E-state index contributed by atoms with van der Waals surface area (Å²) >= 11 is 0. The molecule has 0 rings (SSSR count). The molecule has 0 bridgehead atoms. The van der Waals surface area contributed by atoms with Crippen LogP contribution >= 0.6 is 0 Å². The summed E-state index contributed by atoms with van der Waals surface area (Å²) in [6.45, 7) is 5.67. The second kappa shape index (κ2) is 17.0. The van der Waals surface area contributed by atoms with Gasteiger partial charge in [0, 0.05) is 13.2 Å². The van der Waals surface area contributed by atoms with Gasteiger partial charge in [-0.3, -0.25) is 4.18 Å². The highest BCUT2D eigenvalue weighted by atomic mass is 32.2. The molecule has 0 aromatic heterocycles. The van der Waals surface area contributed by atoms with Crippen LogP contribution in [-0.2, 0) is 23.8 Å². The summed E-state index contributed by atoms with van der Waals surface area (Å²) in [6.07, 6.45) is 16.6. The van der Waals surface area contributed by atoms with Crippen LogP contribution < -0.4 is 0 Å². The maximum atomic E-state index is 10.8. The molecular formula is C19H38O5S. The van der Waals surface area contributed by atoms with Gasteiger partial charge in [0.05, 0.1) is 12.9 Å². The average molecular weight is 379 g/mol. The Morgan fingerprint density at radius 1 is 0.800 bits per heavy atom. The average Bonchev–Trinajstić information content (AvgIpc) is 2.54. The summed E-state index contributed by atoms with van der Waals surface area (Å²) in [4.78, 5) is 0. The van der Waals surface area contributed by atoms with Crippen LogP contribution in [0.3, 0.4) is 0 Å². The maximum absolute atomic E-state index is 10.8. The first-order chi connectivity index (χ1) is 12.0. The number of hydrogen-bond donors (Lipinski definition) is 0. The molecule has 0 aromatic rings. The number of allylic oxidation sites excluding steroid dienone is 1. The van der Waals surface area contributed by atoms with Crippen LogP contribution in [0.25, 0.3) is 0 Å². The zero-order valence-corrected chi connectivity index (χ0v) is 17.2. The molecule has 25 heavy (non-hydrogen) atoms. The molecule has 0 spiro atoms. The molecule has 0 aliphatic rings. The van der Waals surface area contributed by atoms with Crippen LogP contribution in [0.4, 0.5) is 0 Å². The minimum Gasteiger partial charge on any atom is -0.353 e. The van der Waals surface area contributed by atoms with Gasteiger partial charge < -0.3 is 9.47 Å². The van der Waals surface area contributed by atoms with Crippen molar-refractivity contribution in [3.05, 3.63) is 12.2 Å². The van der Waals surface area contributed by atoms with Crippen LogP contribution in [0.5, 0.6) is 0 Å². The minimum atomic E-state index is -3.30. The molecule has 0 atom stereocenters. The Balaban J connectivity index is 3.33. The molecule has 0 aromatic carbocycles. The van der Waals surface area contributed by atoms with Gasteiger partial charge >= 0.3 is 0 Å². The van der Waals surface area contributed by atoms with Gasteiger partial charge in [0.15, 0.2) is 6.29 Å². The lowest BCUT2D eigenvalue weighted by atomic mass is 10.1. The predicted molar refractivity (Wildman–Crippen MR) is 103 cm³/mol. The van der Waals surface area contributed by atoms with Crippen molar-refractivity contribution in [3.8, 4) is 0 Å². The quantitative estimate of drug-likeness (QED) is 0.148. The molecule has 0 N–H and O–H groups in total. The first kappa shape index (κ1) is 24.6. The van der Waals surface area contributed by atoms with Gasteiger partial charge in [0.2, 0.25) is 0 Å². The predicted octanol–water partition coefficient (Wildman–Crippen LogP) is 4.82. The van der Waals surface area contributed by atoms with E-state index in [1.54, 1.807) is 0 Å². The van der Waals surface area contributed by atoms with E-state index >= 15 is 0 Å². The molecule has 0 heterocycles. The van der Waals surface area contributed by atoms with Crippen LogP contribution in [0.2, 0.25) is 0 Å². The Kier molecular flexibility index (Phi) is 16.7. The summed E-state index contributed by atoms with van der Waals surface area (Å²) < 4.78 is 37.3. The first-order valence-electron chi connectivity index (χ1n) is 9.72. The Hall–Kier alpha value is -0.430. The Bertz CT molecular complexity index is 400. The topological polar surface area (TPSA) is 61.8 Å². The van der Waals surface area contributed by atoms with Crippen LogP contribution in [0.15, 0.2) is 12.2 Å². The molecule has 0 fully saturated rings. The van der Waals surface area contributed by atoms with Crippen molar-refractivity contribution in [2.45, 2.75) is 84.3 Å². The van der Waals surface area contributed by atoms with Crippen molar-refractivity contribution in [2.75, 3.05) is 26.1 Å². The van der Waals surface area contributed by atoms with Crippen molar-refractivity contribution in [1.82, 2.24) is 0 Å². The van der Waals surface area contributed by atoms with E-state index in [9.17, 15) is 8.42 Å². The third kappa shape index (κ3) is 19.7. The van der Waals surface area contributed by atoms with Gasteiger partial charge in [-0.25, -0.2) is 0 Å². The Labute approximate surface area is 155 Å². The monoisotopic (exact) mass is 378 g/mol. The van der Waals surface area contributed by atoms with Crippen LogP contribution in [0.1, 0.15) is 78.1 Å². The lowest BCUT2D eigenvalue weighted by molar-refractivity contribution is -0.140. The van der Waals surface area contributed by atoms with Gasteiger partial charge in [-0.15, -0.1) is 0 Å². The number of ether oxygens (including phenoxy) is 2. The highest BCUT2D eigenvalue weighted by molar-refractivity contribution is 7.85. The van der Waals surface area contributed by atoms with Crippen molar-refractivity contribution in [2.24, 2.45) is 0 Å². The van der Waals surface area contributed by atoms with Gasteiger partial charge in [-0.05, 0) is 46.0 Å². The highest BCUT2D eigenvalue weighted by Crippen LogP contribution is 2.12. The molecule has 0 saturated carbocycles. The zero-order chi connectivity index (χ0) is 18.8. The van der Waals surface area contributed by atoms with E-state index in [2.05, 4.69) is 10.3 Å². The summed E-state index contributed by atoms with van der Waals surface area (Å²) in [5.74, 6) is 0. The molecule has 0 amide bonds. The molecule has 0 radical (unpaired) electrons. The largest absolute Gasteiger partial charge is 0.353 e. The zero-order valence-electron chi connectivity index (χ0n) is 16.4. The summed E-state index contributed by atoms with van der Waals surface area (Å²) in [5, 5.41) is 0. The van der Waals surface area contributed by atoms with E-state index in [1.165, 1.54) is 44.9 Å². The minimum absolute atomic E-state index is 0.0235.